The molecule has 27 heavy (non-hydrogen) atoms. The predicted molar refractivity (Wildman–Crippen MR) is 108 cm³/mol. The SMILES string of the molecule is Cc1cc(Cl)ccc1NC(=O)C(=O)NC1CCN(Cc2ccccc2)CC1. The zero-order valence-electron chi connectivity index (χ0n) is 15.4. The zero-order valence-corrected chi connectivity index (χ0v) is 16.1. The van der Waals surface area contributed by atoms with Gasteiger partial charge in [0.25, 0.3) is 0 Å². The summed E-state index contributed by atoms with van der Waals surface area (Å²) < 4.78 is 0. The molecule has 1 aliphatic heterocycles. The Morgan fingerprint density at radius 1 is 1.07 bits per heavy atom. The number of carbonyl (C=O) groups is 2. The third-order valence-electron chi connectivity index (χ3n) is 4.81. The minimum atomic E-state index is -0.646. The number of aryl methyl sites for hydroxylation is 1. The minimum absolute atomic E-state index is 0.0292. The summed E-state index contributed by atoms with van der Waals surface area (Å²) in [4.78, 5) is 26.7. The summed E-state index contributed by atoms with van der Waals surface area (Å²) in [5.41, 5.74) is 2.70. The molecule has 142 valence electrons. The molecule has 0 radical (unpaired) electrons. The minimum Gasteiger partial charge on any atom is -0.345 e. The van der Waals surface area contributed by atoms with Gasteiger partial charge in [-0.3, -0.25) is 14.5 Å². The maximum atomic E-state index is 12.2. The van der Waals surface area contributed by atoms with Crippen LogP contribution in [0.5, 0.6) is 0 Å². The van der Waals surface area contributed by atoms with Crippen LogP contribution in [0, 0.1) is 6.92 Å². The zero-order chi connectivity index (χ0) is 19.2. The number of benzene rings is 2. The number of amides is 2. The van der Waals surface area contributed by atoms with Gasteiger partial charge in [0, 0.05) is 36.4 Å². The average molecular weight is 386 g/mol. The Kier molecular flexibility index (Phi) is 6.48. The van der Waals surface area contributed by atoms with E-state index in [-0.39, 0.29) is 6.04 Å². The summed E-state index contributed by atoms with van der Waals surface area (Å²) in [5.74, 6) is -1.24. The van der Waals surface area contributed by atoms with Gasteiger partial charge in [0.15, 0.2) is 0 Å². The molecule has 0 spiro atoms. The molecule has 2 aromatic carbocycles. The molecule has 5 nitrogen and oxygen atoms in total. The summed E-state index contributed by atoms with van der Waals surface area (Å²) in [7, 11) is 0. The van der Waals surface area contributed by atoms with Crippen LogP contribution in [0.3, 0.4) is 0 Å². The highest BCUT2D eigenvalue weighted by Gasteiger charge is 2.23. The standard InChI is InChI=1S/C21H24ClN3O2/c1-15-13-17(22)7-8-19(15)24-21(27)20(26)23-18-9-11-25(12-10-18)14-16-5-3-2-4-6-16/h2-8,13,18H,9-12,14H2,1H3,(H,23,26)(H,24,27). The largest absolute Gasteiger partial charge is 0.345 e. The topological polar surface area (TPSA) is 61.4 Å². The van der Waals surface area contributed by atoms with E-state index in [9.17, 15) is 9.59 Å². The summed E-state index contributed by atoms with van der Waals surface area (Å²) in [6, 6.07) is 15.5. The number of hydrogen-bond donors (Lipinski definition) is 2. The smallest absolute Gasteiger partial charge is 0.313 e. The number of likely N-dealkylation sites (tertiary alicyclic amines) is 1. The second kappa shape index (κ2) is 9.02. The second-order valence-corrected chi connectivity index (χ2v) is 7.36. The molecule has 0 atom stereocenters. The van der Waals surface area contributed by atoms with E-state index in [4.69, 9.17) is 11.6 Å². The number of nitrogens with zero attached hydrogens (tertiary/aromatic N) is 1. The number of carbonyl (C=O) groups excluding carboxylic acids is 2. The van der Waals surface area contributed by atoms with Gasteiger partial charge in [-0.1, -0.05) is 41.9 Å². The Morgan fingerprint density at radius 3 is 2.44 bits per heavy atom. The number of anilines is 1. The summed E-state index contributed by atoms with van der Waals surface area (Å²) >= 11 is 5.91. The Hall–Kier alpha value is -2.37. The molecular weight excluding hydrogens is 362 g/mol. The molecule has 2 N–H and O–H groups in total. The third-order valence-corrected chi connectivity index (χ3v) is 5.05. The lowest BCUT2D eigenvalue weighted by molar-refractivity contribution is -0.136. The first kappa shape index (κ1) is 19.4. The lowest BCUT2D eigenvalue weighted by Gasteiger charge is -2.32. The van der Waals surface area contributed by atoms with Crippen molar-refractivity contribution in [3.05, 3.63) is 64.7 Å². The summed E-state index contributed by atoms with van der Waals surface area (Å²) in [6.45, 7) is 4.55. The van der Waals surface area contributed by atoms with E-state index in [1.165, 1.54) is 5.56 Å². The van der Waals surface area contributed by atoms with Crippen molar-refractivity contribution in [2.45, 2.75) is 32.4 Å². The number of hydrogen-bond acceptors (Lipinski definition) is 3. The van der Waals surface area contributed by atoms with Gasteiger partial charge in [0.1, 0.15) is 0 Å². The molecule has 0 aromatic heterocycles. The van der Waals surface area contributed by atoms with Crippen molar-refractivity contribution in [3.63, 3.8) is 0 Å². The lowest BCUT2D eigenvalue weighted by atomic mass is 10.0. The highest BCUT2D eigenvalue weighted by Crippen LogP contribution is 2.19. The van der Waals surface area contributed by atoms with E-state index in [0.29, 0.717) is 10.7 Å². The average Bonchev–Trinajstić information content (AvgIpc) is 2.66. The number of nitrogens with one attached hydrogen (secondary N) is 2. The lowest BCUT2D eigenvalue weighted by Crippen LogP contribution is -2.47. The molecular formula is C21H24ClN3O2. The van der Waals surface area contributed by atoms with Gasteiger partial charge in [-0.25, -0.2) is 0 Å². The first-order valence-corrected chi connectivity index (χ1v) is 9.53. The predicted octanol–water partition coefficient (Wildman–Crippen LogP) is 3.37. The maximum Gasteiger partial charge on any atom is 0.313 e. The Balaban J connectivity index is 1.45. The van der Waals surface area contributed by atoms with Crippen LogP contribution in [0.1, 0.15) is 24.0 Å². The van der Waals surface area contributed by atoms with Crippen molar-refractivity contribution in [2.24, 2.45) is 0 Å². The van der Waals surface area contributed by atoms with Crippen molar-refractivity contribution < 1.29 is 9.59 Å². The van der Waals surface area contributed by atoms with Gasteiger partial charge in [-0.2, -0.15) is 0 Å². The molecule has 6 heteroatoms. The highest BCUT2D eigenvalue weighted by molar-refractivity contribution is 6.39. The number of halogens is 1. The van der Waals surface area contributed by atoms with Gasteiger partial charge < -0.3 is 10.6 Å². The van der Waals surface area contributed by atoms with Crippen LogP contribution < -0.4 is 10.6 Å². The van der Waals surface area contributed by atoms with Crippen molar-refractivity contribution in [2.75, 3.05) is 18.4 Å². The van der Waals surface area contributed by atoms with Crippen LogP contribution in [-0.4, -0.2) is 35.8 Å². The molecule has 2 amide bonds. The van der Waals surface area contributed by atoms with Gasteiger partial charge >= 0.3 is 11.8 Å². The number of piperidine rings is 1. The van der Waals surface area contributed by atoms with Gasteiger partial charge in [-0.15, -0.1) is 0 Å². The Labute approximate surface area is 164 Å². The molecule has 0 unspecified atom stereocenters. The van der Waals surface area contributed by atoms with E-state index in [2.05, 4.69) is 27.7 Å². The number of rotatable bonds is 4. The van der Waals surface area contributed by atoms with E-state index < -0.39 is 11.8 Å². The quantitative estimate of drug-likeness (QED) is 0.793. The summed E-state index contributed by atoms with van der Waals surface area (Å²) in [6.07, 6.45) is 1.68. The fourth-order valence-corrected chi connectivity index (χ4v) is 3.50. The first-order chi connectivity index (χ1) is 13.0. The van der Waals surface area contributed by atoms with Crippen LogP contribution >= 0.6 is 11.6 Å². The highest BCUT2D eigenvalue weighted by atomic mass is 35.5. The van der Waals surface area contributed by atoms with Crippen molar-refractivity contribution in [1.29, 1.82) is 0 Å². The molecule has 0 bridgehead atoms. The Morgan fingerprint density at radius 2 is 1.78 bits per heavy atom. The van der Waals surface area contributed by atoms with Crippen LogP contribution in [0.4, 0.5) is 5.69 Å². The summed E-state index contributed by atoms with van der Waals surface area (Å²) in [5, 5.41) is 6.09. The fraction of sp³-hybridized carbons (Fsp3) is 0.333. The molecule has 1 aliphatic rings. The van der Waals surface area contributed by atoms with Crippen LogP contribution in [-0.2, 0) is 16.1 Å². The van der Waals surface area contributed by atoms with Crippen molar-refractivity contribution >= 4 is 29.1 Å². The van der Waals surface area contributed by atoms with E-state index in [1.54, 1.807) is 18.2 Å². The van der Waals surface area contributed by atoms with Crippen LogP contribution in [0.2, 0.25) is 5.02 Å². The van der Waals surface area contributed by atoms with Gasteiger partial charge in [-0.05, 0) is 49.1 Å². The molecule has 0 aliphatic carbocycles. The maximum absolute atomic E-state index is 12.2. The molecule has 1 saturated heterocycles. The molecule has 1 heterocycles. The normalized spacial score (nSPS) is 15.3. The van der Waals surface area contributed by atoms with Crippen LogP contribution in [0.15, 0.2) is 48.5 Å². The molecule has 2 aromatic rings. The molecule has 1 fully saturated rings. The monoisotopic (exact) mass is 385 g/mol. The third kappa shape index (κ3) is 5.55. The first-order valence-electron chi connectivity index (χ1n) is 9.15. The van der Waals surface area contributed by atoms with Crippen LogP contribution in [0.25, 0.3) is 0 Å². The second-order valence-electron chi connectivity index (χ2n) is 6.92. The fourth-order valence-electron chi connectivity index (χ4n) is 3.27. The van der Waals surface area contributed by atoms with Gasteiger partial charge in [0.05, 0.1) is 0 Å². The van der Waals surface area contributed by atoms with E-state index in [0.717, 1.165) is 38.0 Å². The molecule has 3 rings (SSSR count). The van der Waals surface area contributed by atoms with E-state index in [1.807, 2.05) is 25.1 Å². The van der Waals surface area contributed by atoms with Gasteiger partial charge in [0.2, 0.25) is 0 Å². The molecule has 0 saturated carbocycles. The Bertz CT molecular complexity index is 802. The van der Waals surface area contributed by atoms with Crippen molar-refractivity contribution in [3.8, 4) is 0 Å². The van der Waals surface area contributed by atoms with Crippen molar-refractivity contribution in [1.82, 2.24) is 10.2 Å². The van der Waals surface area contributed by atoms with E-state index >= 15 is 0 Å².